The first-order valence-electron chi connectivity index (χ1n) is 5.18. The lowest BCUT2D eigenvalue weighted by Crippen LogP contribution is -2.45. The van der Waals surface area contributed by atoms with E-state index in [4.69, 9.17) is 28.2 Å². The van der Waals surface area contributed by atoms with Crippen LogP contribution in [0.1, 0.15) is 16.8 Å². The normalized spacial score (nSPS) is 11.6. The van der Waals surface area contributed by atoms with Gasteiger partial charge < -0.3 is 21.9 Å². The molecule has 0 aliphatic rings. The fourth-order valence-corrected chi connectivity index (χ4v) is 1.49. The van der Waals surface area contributed by atoms with Crippen molar-refractivity contribution >= 4 is 35.1 Å². The summed E-state index contributed by atoms with van der Waals surface area (Å²) in [5.74, 6) is -2.84. The van der Waals surface area contributed by atoms with Crippen LogP contribution in [-0.2, 0) is 9.59 Å². The van der Waals surface area contributed by atoms with Crippen molar-refractivity contribution in [3.63, 3.8) is 0 Å². The molecule has 102 valence electrons. The molecule has 0 aliphatic carbocycles. The maximum atomic E-state index is 11.8. The van der Waals surface area contributed by atoms with Crippen LogP contribution in [0.15, 0.2) is 18.2 Å². The summed E-state index contributed by atoms with van der Waals surface area (Å²) < 4.78 is 0. The molecule has 0 saturated heterocycles. The molecule has 8 heteroatoms. The highest BCUT2D eigenvalue weighted by atomic mass is 35.5. The number of aliphatic carboxylic acids is 1. The van der Waals surface area contributed by atoms with E-state index in [1.807, 2.05) is 0 Å². The van der Waals surface area contributed by atoms with E-state index in [9.17, 15) is 14.4 Å². The van der Waals surface area contributed by atoms with E-state index < -0.39 is 30.2 Å². The Kier molecular flexibility index (Phi) is 4.71. The SMILES string of the molecule is NC(=O)[C@H](CC(=O)O)NC(=O)c1ccc(N)c(Cl)c1. The lowest BCUT2D eigenvalue weighted by Gasteiger charge is -2.13. The number of rotatable bonds is 5. The smallest absolute Gasteiger partial charge is 0.305 e. The topological polar surface area (TPSA) is 136 Å². The van der Waals surface area contributed by atoms with E-state index in [-0.39, 0.29) is 10.6 Å². The summed E-state index contributed by atoms with van der Waals surface area (Å²) in [6.45, 7) is 0. The van der Waals surface area contributed by atoms with E-state index in [1.165, 1.54) is 18.2 Å². The number of halogens is 1. The number of primary amides is 1. The molecule has 0 spiro atoms. The summed E-state index contributed by atoms with van der Waals surface area (Å²) in [6.07, 6.45) is -0.593. The molecule has 1 atom stereocenters. The Bertz CT molecular complexity index is 533. The van der Waals surface area contributed by atoms with Gasteiger partial charge in [-0.05, 0) is 18.2 Å². The van der Waals surface area contributed by atoms with Crippen molar-refractivity contribution in [2.24, 2.45) is 5.73 Å². The number of carboxylic acid groups (broad SMARTS) is 1. The summed E-state index contributed by atoms with van der Waals surface area (Å²) >= 11 is 5.75. The van der Waals surface area contributed by atoms with E-state index >= 15 is 0 Å². The first kappa shape index (κ1) is 14.8. The van der Waals surface area contributed by atoms with Crippen molar-refractivity contribution in [1.29, 1.82) is 0 Å². The van der Waals surface area contributed by atoms with E-state index in [0.717, 1.165) is 0 Å². The van der Waals surface area contributed by atoms with Crippen molar-refractivity contribution in [1.82, 2.24) is 5.32 Å². The Labute approximate surface area is 113 Å². The summed E-state index contributed by atoms with van der Waals surface area (Å²) in [4.78, 5) is 33.3. The van der Waals surface area contributed by atoms with Gasteiger partial charge in [-0.3, -0.25) is 14.4 Å². The number of nitrogen functional groups attached to an aromatic ring is 1. The van der Waals surface area contributed by atoms with E-state index in [1.54, 1.807) is 0 Å². The molecule has 2 amide bonds. The Hall–Kier alpha value is -2.28. The molecule has 7 nitrogen and oxygen atoms in total. The van der Waals surface area contributed by atoms with Crippen LogP contribution in [0.25, 0.3) is 0 Å². The fourth-order valence-electron chi connectivity index (χ4n) is 1.31. The van der Waals surface area contributed by atoms with Gasteiger partial charge in [0.05, 0.1) is 17.1 Å². The van der Waals surface area contributed by atoms with Gasteiger partial charge in [-0.15, -0.1) is 0 Å². The summed E-state index contributed by atoms with van der Waals surface area (Å²) in [6, 6.07) is 2.84. The first-order chi connectivity index (χ1) is 8.81. The fraction of sp³-hybridized carbons (Fsp3) is 0.182. The second-order valence-corrected chi connectivity index (χ2v) is 4.17. The second-order valence-electron chi connectivity index (χ2n) is 3.76. The number of nitrogens with one attached hydrogen (secondary N) is 1. The number of carboxylic acids is 1. The molecular formula is C11H12ClN3O4. The number of benzene rings is 1. The van der Waals surface area contributed by atoms with Crippen molar-refractivity contribution in [3.05, 3.63) is 28.8 Å². The number of nitrogens with two attached hydrogens (primary N) is 2. The molecule has 1 rings (SSSR count). The minimum atomic E-state index is -1.29. The monoisotopic (exact) mass is 285 g/mol. The van der Waals surface area contributed by atoms with Crippen molar-refractivity contribution in [3.8, 4) is 0 Å². The Morgan fingerprint density at radius 2 is 2.00 bits per heavy atom. The number of carbonyl (C=O) groups excluding carboxylic acids is 2. The van der Waals surface area contributed by atoms with Crippen LogP contribution in [0.2, 0.25) is 5.02 Å². The molecule has 0 unspecified atom stereocenters. The van der Waals surface area contributed by atoms with E-state index in [2.05, 4.69) is 5.32 Å². The predicted octanol–water partition coefficient (Wildman–Crippen LogP) is -0.0194. The van der Waals surface area contributed by atoms with Gasteiger partial charge in [0.15, 0.2) is 0 Å². The van der Waals surface area contributed by atoms with Crippen molar-refractivity contribution in [2.75, 3.05) is 5.73 Å². The second kappa shape index (κ2) is 6.05. The maximum Gasteiger partial charge on any atom is 0.305 e. The molecule has 6 N–H and O–H groups in total. The largest absolute Gasteiger partial charge is 0.481 e. The number of hydrogen-bond acceptors (Lipinski definition) is 4. The predicted molar refractivity (Wildman–Crippen MR) is 68.6 cm³/mol. The van der Waals surface area contributed by atoms with Crippen LogP contribution in [0.3, 0.4) is 0 Å². The lowest BCUT2D eigenvalue weighted by atomic mass is 10.1. The van der Waals surface area contributed by atoms with Crippen LogP contribution >= 0.6 is 11.6 Å². The lowest BCUT2D eigenvalue weighted by molar-refractivity contribution is -0.139. The van der Waals surface area contributed by atoms with Gasteiger partial charge in [-0.2, -0.15) is 0 Å². The molecule has 0 heterocycles. The average molecular weight is 286 g/mol. The van der Waals surface area contributed by atoms with Gasteiger partial charge in [-0.1, -0.05) is 11.6 Å². The van der Waals surface area contributed by atoms with Gasteiger partial charge in [0.2, 0.25) is 5.91 Å². The van der Waals surface area contributed by atoms with Crippen LogP contribution in [0.4, 0.5) is 5.69 Å². The highest BCUT2D eigenvalue weighted by Crippen LogP contribution is 2.19. The Morgan fingerprint density at radius 1 is 1.37 bits per heavy atom. The Balaban J connectivity index is 2.84. The first-order valence-corrected chi connectivity index (χ1v) is 5.56. The summed E-state index contributed by atoms with van der Waals surface area (Å²) in [5.41, 5.74) is 10.9. The highest BCUT2D eigenvalue weighted by Gasteiger charge is 2.22. The van der Waals surface area contributed by atoms with Gasteiger partial charge in [0.1, 0.15) is 6.04 Å². The summed E-state index contributed by atoms with van der Waals surface area (Å²) in [5, 5.41) is 11.0. The molecular weight excluding hydrogens is 274 g/mol. The molecule has 0 aromatic heterocycles. The molecule has 0 bridgehead atoms. The molecule has 0 aliphatic heterocycles. The molecule has 19 heavy (non-hydrogen) atoms. The highest BCUT2D eigenvalue weighted by molar-refractivity contribution is 6.33. The molecule has 0 saturated carbocycles. The maximum absolute atomic E-state index is 11.8. The summed E-state index contributed by atoms with van der Waals surface area (Å²) in [7, 11) is 0. The van der Waals surface area contributed by atoms with Crippen molar-refractivity contribution in [2.45, 2.75) is 12.5 Å². The molecule has 1 aromatic rings. The van der Waals surface area contributed by atoms with Crippen molar-refractivity contribution < 1.29 is 19.5 Å². The molecule has 0 fully saturated rings. The average Bonchev–Trinajstić information content (AvgIpc) is 2.31. The third-order valence-corrected chi connectivity index (χ3v) is 2.62. The van der Waals surface area contributed by atoms with Gasteiger partial charge >= 0.3 is 5.97 Å². The van der Waals surface area contributed by atoms with Crippen LogP contribution in [0, 0.1) is 0 Å². The third kappa shape index (κ3) is 4.14. The van der Waals surface area contributed by atoms with Crippen LogP contribution < -0.4 is 16.8 Å². The van der Waals surface area contributed by atoms with Crippen LogP contribution in [0.5, 0.6) is 0 Å². The third-order valence-electron chi connectivity index (χ3n) is 2.29. The van der Waals surface area contributed by atoms with Gasteiger partial charge in [0, 0.05) is 5.56 Å². The number of carbonyl (C=O) groups is 3. The zero-order chi connectivity index (χ0) is 14.6. The van der Waals surface area contributed by atoms with E-state index in [0.29, 0.717) is 5.69 Å². The van der Waals surface area contributed by atoms with Crippen LogP contribution in [-0.4, -0.2) is 28.9 Å². The quantitative estimate of drug-likeness (QED) is 0.564. The van der Waals surface area contributed by atoms with Gasteiger partial charge in [0.25, 0.3) is 5.91 Å². The Morgan fingerprint density at radius 3 is 2.47 bits per heavy atom. The van der Waals surface area contributed by atoms with Gasteiger partial charge in [-0.25, -0.2) is 0 Å². The molecule has 0 radical (unpaired) electrons. The standard InChI is InChI=1S/C11H12ClN3O4/c12-6-3-5(1-2-7(6)13)11(19)15-8(10(14)18)4-9(16)17/h1-3,8H,4,13H2,(H2,14,18)(H,15,19)(H,16,17)/t8-/m0/s1. The number of hydrogen-bond donors (Lipinski definition) is 4. The minimum absolute atomic E-state index is 0.149. The zero-order valence-electron chi connectivity index (χ0n) is 9.72. The number of amides is 2. The minimum Gasteiger partial charge on any atom is -0.481 e. The zero-order valence-corrected chi connectivity index (χ0v) is 10.5. The molecule has 1 aromatic carbocycles. The number of anilines is 1.